The second-order valence-corrected chi connectivity index (χ2v) is 3.10. The Hall–Kier alpha value is -0.551. The standard InChI is InChI=1S/C9H11N.Mn/c1-6-4-7(2)9(10)8(3)5-6;/h4-5H,1-3H3;/q+1;. The Bertz CT molecular complexity index is 300. The van der Waals surface area contributed by atoms with Crippen molar-refractivity contribution in [2.75, 3.05) is 0 Å². The molecule has 0 aliphatic rings. The Labute approximate surface area is 75.1 Å². The zero-order chi connectivity index (χ0) is 8.43. The number of benzene rings is 1. The minimum atomic E-state index is 1.05. The summed E-state index contributed by atoms with van der Waals surface area (Å²) in [6.07, 6.45) is 0. The summed E-state index contributed by atoms with van der Waals surface area (Å²) in [7, 11) is 0. The average Bonchev–Trinajstić information content (AvgIpc) is 1.85. The third-order valence-electron chi connectivity index (χ3n) is 1.72. The first-order chi connectivity index (χ1) is 5.15. The van der Waals surface area contributed by atoms with Gasteiger partial charge in [0.25, 0.3) is 0 Å². The van der Waals surface area contributed by atoms with Crippen molar-refractivity contribution in [2.45, 2.75) is 20.8 Å². The van der Waals surface area contributed by atoms with Gasteiger partial charge in [0.15, 0.2) is 0 Å². The molecule has 0 N–H and O–H groups in total. The number of nitrogens with zero attached hydrogens (tertiary/aromatic N) is 1. The summed E-state index contributed by atoms with van der Waals surface area (Å²) in [5, 5.41) is 0. The summed E-state index contributed by atoms with van der Waals surface area (Å²) < 4.78 is 4.02. The van der Waals surface area contributed by atoms with Crippen molar-refractivity contribution in [3.05, 3.63) is 32.6 Å². The first-order valence-electron chi connectivity index (χ1n) is 3.55. The summed E-state index contributed by atoms with van der Waals surface area (Å²) in [6.45, 7) is 6.23. The van der Waals surface area contributed by atoms with E-state index in [9.17, 15) is 0 Å². The fraction of sp³-hybridized carbons (Fsp3) is 0.333. The number of rotatable bonds is 0. The maximum absolute atomic E-state index is 4.02. The van der Waals surface area contributed by atoms with Crippen LogP contribution < -0.4 is 0 Å². The number of hydrogen-bond donors (Lipinski definition) is 0. The Kier molecular flexibility index (Phi) is 2.51. The summed E-state index contributed by atoms with van der Waals surface area (Å²) in [5.41, 5.74) is 4.79. The fourth-order valence-corrected chi connectivity index (χ4v) is 1.72. The van der Waals surface area contributed by atoms with Gasteiger partial charge in [-0.25, -0.2) is 0 Å². The second kappa shape index (κ2) is 3.23. The van der Waals surface area contributed by atoms with Crippen LogP contribution in [0.2, 0.25) is 0 Å². The molecule has 1 aromatic carbocycles. The predicted molar refractivity (Wildman–Crippen MR) is 43.7 cm³/mol. The van der Waals surface area contributed by atoms with E-state index >= 15 is 0 Å². The van der Waals surface area contributed by atoms with Gasteiger partial charge in [0.1, 0.15) is 0 Å². The quantitative estimate of drug-likeness (QED) is 0.551. The summed E-state index contributed by atoms with van der Waals surface area (Å²) in [6, 6.07) is 4.26. The van der Waals surface area contributed by atoms with Gasteiger partial charge in [-0.1, -0.05) is 0 Å². The molecule has 0 atom stereocenters. The summed E-state index contributed by atoms with van der Waals surface area (Å²) in [4.78, 5) is 0. The van der Waals surface area contributed by atoms with Crippen LogP contribution in [0.25, 0.3) is 3.78 Å². The molecule has 58 valence electrons. The Morgan fingerprint density at radius 1 is 1.09 bits per heavy atom. The van der Waals surface area contributed by atoms with Gasteiger partial charge in [-0.05, 0) is 0 Å². The second-order valence-electron chi connectivity index (χ2n) is 2.83. The van der Waals surface area contributed by atoms with Crippen LogP contribution in [-0.2, 0) is 15.6 Å². The molecule has 0 spiro atoms. The monoisotopic (exact) mass is 188 g/mol. The first-order valence-corrected chi connectivity index (χ1v) is 4.08. The summed E-state index contributed by atoms with van der Waals surface area (Å²) >= 11 is 3.11. The van der Waals surface area contributed by atoms with Crippen LogP contribution in [0.3, 0.4) is 0 Å². The van der Waals surface area contributed by atoms with Gasteiger partial charge in [0, 0.05) is 0 Å². The van der Waals surface area contributed by atoms with E-state index in [1.54, 1.807) is 0 Å². The van der Waals surface area contributed by atoms with Crippen molar-refractivity contribution < 1.29 is 15.6 Å². The molecule has 0 radical (unpaired) electrons. The molecule has 0 aromatic heterocycles. The van der Waals surface area contributed by atoms with E-state index in [1.165, 1.54) is 16.7 Å². The van der Waals surface area contributed by atoms with Crippen molar-refractivity contribution in [1.29, 1.82) is 0 Å². The zero-order valence-corrected chi connectivity index (χ0v) is 8.16. The van der Waals surface area contributed by atoms with Crippen molar-refractivity contribution in [3.63, 3.8) is 0 Å². The molecular weight excluding hydrogens is 177 g/mol. The molecule has 0 unspecified atom stereocenters. The Morgan fingerprint density at radius 3 is 1.91 bits per heavy atom. The third kappa shape index (κ3) is 1.72. The molecule has 0 amide bonds. The van der Waals surface area contributed by atoms with Crippen molar-refractivity contribution in [3.8, 4) is 0 Å². The molecule has 0 aliphatic heterocycles. The third-order valence-corrected chi connectivity index (χ3v) is 1.98. The van der Waals surface area contributed by atoms with Gasteiger partial charge < -0.3 is 0 Å². The van der Waals surface area contributed by atoms with Crippen LogP contribution in [0.15, 0.2) is 12.1 Å². The van der Waals surface area contributed by atoms with Crippen molar-refractivity contribution in [1.82, 2.24) is 0 Å². The van der Waals surface area contributed by atoms with Crippen LogP contribution in [-0.4, -0.2) is 0 Å². The molecule has 0 saturated carbocycles. The van der Waals surface area contributed by atoms with E-state index in [-0.39, 0.29) is 0 Å². The van der Waals surface area contributed by atoms with E-state index < -0.39 is 0 Å². The zero-order valence-electron chi connectivity index (χ0n) is 6.98. The van der Waals surface area contributed by atoms with Gasteiger partial charge in [0.2, 0.25) is 0 Å². The Morgan fingerprint density at radius 2 is 1.55 bits per heavy atom. The van der Waals surface area contributed by atoms with E-state index in [4.69, 9.17) is 0 Å². The van der Waals surface area contributed by atoms with Crippen LogP contribution in [0.1, 0.15) is 16.7 Å². The maximum atomic E-state index is 4.02. The van der Waals surface area contributed by atoms with Crippen LogP contribution in [0, 0.1) is 20.8 Å². The molecule has 0 bridgehead atoms. The topological polar surface area (TPSA) is 4.36 Å². The van der Waals surface area contributed by atoms with Gasteiger partial charge in [0.05, 0.1) is 0 Å². The predicted octanol–water partition coefficient (Wildman–Crippen LogP) is 3.08. The first kappa shape index (κ1) is 8.55. The molecule has 0 saturated heterocycles. The van der Waals surface area contributed by atoms with Gasteiger partial charge in [-0.2, -0.15) is 0 Å². The molecule has 1 nitrogen and oxygen atoms in total. The van der Waals surface area contributed by atoms with E-state index in [1.807, 2.05) is 0 Å². The van der Waals surface area contributed by atoms with Crippen molar-refractivity contribution >= 4 is 5.69 Å². The molecule has 0 fully saturated rings. The van der Waals surface area contributed by atoms with Gasteiger partial charge in [-0.3, -0.25) is 0 Å². The SMILES string of the molecule is Cc1cc(C)c([N+]#[Mn])c(C)c1. The van der Waals surface area contributed by atoms with Crippen LogP contribution in [0.4, 0.5) is 5.69 Å². The van der Waals surface area contributed by atoms with Crippen LogP contribution in [0.5, 0.6) is 0 Å². The Balaban J connectivity index is 3.40. The molecule has 0 aliphatic carbocycles. The molecule has 11 heavy (non-hydrogen) atoms. The molecular formula is C9H11MnN+. The average molecular weight is 188 g/mol. The molecule has 1 rings (SSSR count). The van der Waals surface area contributed by atoms with Gasteiger partial charge >= 0.3 is 74.7 Å². The van der Waals surface area contributed by atoms with Crippen LogP contribution >= 0.6 is 0 Å². The van der Waals surface area contributed by atoms with Crippen molar-refractivity contribution in [2.24, 2.45) is 0 Å². The normalized spacial score (nSPS) is 9.36. The molecule has 0 heterocycles. The van der Waals surface area contributed by atoms with Gasteiger partial charge in [-0.15, -0.1) is 0 Å². The number of aryl methyl sites for hydroxylation is 3. The van der Waals surface area contributed by atoms with E-state index in [0.29, 0.717) is 0 Å². The molecule has 2 heteroatoms. The fourth-order valence-electron chi connectivity index (χ4n) is 1.31. The van der Waals surface area contributed by atoms with E-state index in [2.05, 4.69) is 52.3 Å². The minimum absolute atomic E-state index is 1.05. The molecule has 1 aromatic rings. The van der Waals surface area contributed by atoms with E-state index in [0.717, 1.165) is 5.69 Å². The summed E-state index contributed by atoms with van der Waals surface area (Å²) in [5.74, 6) is 0. The number of hydrogen-bond acceptors (Lipinski definition) is 0.